The highest BCUT2D eigenvalue weighted by atomic mass is 35.5. The van der Waals surface area contributed by atoms with Crippen molar-refractivity contribution in [3.05, 3.63) is 27.7 Å². The molecule has 18 heavy (non-hydrogen) atoms. The van der Waals surface area contributed by atoms with Crippen LogP contribution in [-0.2, 0) is 6.54 Å². The van der Waals surface area contributed by atoms with E-state index in [0.717, 1.165) is 18.5 Å². The number of rotatable bonds is 6. The van der Waals surface area contributed by atoms with E-state index in [9.17, 15) is 0 Å². The van der Waals surface area contributed by atoms with E-state index >= 15 is 0 Å². The molecule has 0 amide bonds. The molecule has 1 aromatic rings. The molecule has 0 aliphatic rings. The van der Waals surface area contributed by atoms with Crippen LogP contribution in [0.3, 0.4) is 0 Å². The van der Waals surface area contributed by atoms with Crippen molar-refractivity contribution in [1.29, 1.82) is 0 Å². The highest BCUT2D eigenvalue weighted by molar-refractivity contribution is 6.37. The summed E-state index contributed by atoms with van der Waals surface area (Å²) in [6, 6.07) is 4.29. The molecule has 1 aromatic carbocycles. The van der Waals surface area contributed by atoms with Crippen molar-refractivity contribution in [1.82, 2.24) is 5.32 Å². The summed E-state index contributed by atoms with van der Waals surface area (Å²) >= 11 is 12.4. The van der Waals surface area contributed by atoms with E-state index in [-0.39, 0.29) is 6.10 Å². The van der Waals surface area contributed by atoms with Gasteiger partial charge in [0.25, 0.3) is 0 Å². The van der Waals surface area contributed by atoms with E-state index < -0.39 is 0 Å². The summed E-state index contributed by atoms with van der Waals surface area (Å²) in [5.41, 5.74) is 1.07. The Balaban J connectivity index is 2.79. The van der Waals surface area contributed by atoms with Gasteiger partial charge < -0.3 is 10.1 Å². The van der Waals surface area contributed by atoms with Gasteiger partial charge in [-0.25, -0.2) is 0 Å². The minimum atomic E-state index is 0.0593. The molecular weight excluding hydrogens is 269 g/mol. The molecule has 0 saturated heterocycles. The van der Waals surface area contributed by atoms with Crippen LogP contribution in [0.2, 0.25) is 10.0 Å². The summed E-state index contributed by atoms with van der Waals surface area (Å²) in [5.74, 6) is 0.570. The molecule has 0 aromatic heterocycles. The average Bonchev–Trinajstić information content (AvgIpc) is 2.30. The van der Waals surface area contributed by atoms with Crippen LogP contribution in [0.25, 0.3) is 0 Å². The van der Waals surface area contributed by atoms with Crippen molar-refractivity contribution < 1.29 is 4.74 Å². The molecule has 0 aliphatic carbocycles. The summed E-state index contributed by atoms with van der Waals surface area (Å²) < 4.78 is 5.59. The fourth-order valence-electron chi connectivity index (χ4n) is 1.50. The van der Waals surface area contributed by atoms with E-state index in [4.69, 9.17) is 27.9 Å². The van der Waals surface area contributed by atoms with Crippen LogP contribution in [0.4, 0.5) is 0 Å². The van der Waals surface area contributed by atoms with Crippen molar-refractivity contribution in [2.24, 2.45) is 0 Å². The van der Waals surface area contributed by atoms with Gasteiger partial charge in [0, 0.05) is 12.6 Å². The molecule has 1 atom stereocenters. The lowest BCUT2D eigenvalue weighted by Crippen LogP contribution is -2.24. The van der Waals surface area contributed by atoms with Crippen molar-refractivity contribution >= 4 is 23.2 Å². The molecule has 2 nitrogen and oxygen atoms in total. The van der Waals surface area contributed by atoms with Crippen molar-refractivity contribution in [2.75, 3.05) is 0 Å². The molecule has 4 heteroatoms. The standard InChI is InChI=1S/C14H21Cl2NO/c1-5-10(4)17-8-11-6-12(15)14(13(16)7-11)18-9(2)3/h6-7,9-10,17H,5,8H2,1-4H3. The molecule has 1 N–H and O–H groups in total. The predicted octanol–water partition coefficient (Wildman–Crippen LogP) is 4.67. The monoisotopic (exact) mass is 289 g/mol. The van der Waals surface area contributed by atoms with Crippen LogP contribution in [0, 0.1) is 0 Å². The van der Waals surface area contributed by atoms with Gasteiger partial charge in [-0.1, -0.05) is 30.1 Å². The lowest BCUT2D eigenvalue weighted by atomic mass is 10.2. The first kappa shape index (κ1) is 15.6. The molecule has 1 rings (SSSR count). The van der Waals surface area contributed by atoms with E-state index in [0.29, 0.717) is 21.8 Å². The van der Waals surface area contributed by atoms with Crippen molar-refractivity contribution in [2.45, 2.75) is 52.8 Å². The maximum atomic E-state index is 6.19. The molecule has 0 heterocycles. The van der Waals surface area contributed by atoms with E-state index in [1.54, 1.807) is 0 Å². The molecule has 0 radical (unpaired) electrons. The lowest BCUT2D eigenvalue weighted by molar-refractivity contribution is 0.242. The first-order valence-electron chi connectivity index (χ1n) is 6.32. The van der Waals surface area contributed by atoms with Gasteiger partial charge in [0.2, 0.25) is 0 Å². The number of hydrogen-bond donors (Lipinski definition) is 1. The quantitative estimate of drug-likeness (QED) is 0.822. The zero-order valence-electron chi connectivity index (χ0n) is 11.4. The zero-order chi connectivity index (χ0) is 13.7. The average molecular weight is 290 g/mol. The third-order valence-corrected chi connectivity index (χ3v) is 3.24. The highest BCUT2D eigenvalue weighted by Crippen LogP contribution is 2.34. The van der Waals surface area contributed by atoms with Gasteiger partial charge >= 0.3 is 0 Å². The lowest BCUT2D eigenvalue weighted by Gasteiger charge is -2.16. The van der Waals surface area contributed by atoms with Gasteiger partial charge in [-0.05, 0) is 44.9 Å². The fourth-order valence-corrected chi connectivity index (χ4v) is 2.12. The van der Waals surface area contributed by atoms with Gasteiger partial charge in [0.1, 0.15) is 0 Å². The van der Waals surface area contributed by atoms with Crippen molar-refractivity contribution in [3.8, 4) is 5.75 Å². The van der Waals surface area contributed by atoms with Gasteiger partial charge in [-0.2, -0.15) is 0 Å². The molecule has 0 aliphatic heterocycles. The van der Waals surface area contributed by atoms with Gasteiger partial charge in [-0.3, -0.25) is 0 Å². The zero-order valence-corrected chi connectivity index (χ0v) is 12.9. The first-order chi connectivity index (χ1) is 8.43. The Morgan fingerprint density at radius 3 is 2.17 bits per heavy atom. The number of halogens is 2. The Bertz CT molecular complexity index is 370. The van der Waals surface area contributed by atoms with E-state index in [1.807, 2.05) is 26.0 Å². The normalized spacial score (nSPS) is 12.8. The summed E-state index contributed by atoms with van der Waals surface area (Å²) in [7, 11) is 0. The Hall–Kier alpha value is -0.440. The molecular formula is C14H21Cl2NO. The molecule has 0 fully saturated rings. The van der Waals surface area contributed by atoms with E-state index in [2.05, 4.69) is 19.2 Å². The number of ether oxygens (including phenoxy) is 1. The molecule has 0 bridgehead atoms. The summed E-state index contributed by atoms with van der Waals surface area (Å²) in [4.78, 5) is 0. The third-order valence-electron chi connectivity index (χ3n) is 2.68. The highest BCUT2D eigenvalue weighted by Gasteiger charge is 2.11. The van der Waals surface area contributed by atoms with E-state index in [1.165, 1.54) is 0 Å². The second kappa shape index (κ2) is 7.22. The first-order valence-corrected chi connectivity index (χ1v) is 7.07. The maximum absolute atomic E-state index is 6.19. The molecule has 0 spiro atoms. The van der Waals surface area contributed by atoms with Gasteiger partial charge in [0.15, 0.2) is 5.75 Å². The predicted molar refractivity (Wildman–Crippen MR) is 78.8 cm³/mol. The van der Waals surface area contributed by atoms with Crippen molar-refractivity contribution in [3.63, 3.8) is 0 Å². The minimum Gasteiger partial charge on any atom is -0.488 e. The SMILES string of the molecule is CCC(C)NCc1cc(Cl)c(OC(C)C)c(Cl)c1. The Morgan fingerprint density at radius 1 is 1.17 bits per heavy atom. The number of hydrogen-bond acceptors (Lipinski definition) is 2. The summed E-state index contributed by atoms with van der Waals surface area (Å²) in [6.07, 6.45) is 1.15. The Labute approximate surface area is 120 Å². The molecule has 102 valence electrons. The van der Waals surface area contributed by atoms with Crippen LogP contribution < -0.4 is 10.1 Å². The summed E-state index contributed by atoms with van der Waals surface area (Å²) in [6.45, 7) is 8.96. The largest absolute Gasteiger partial charge is 0.488 e. The molecule has 0 saturated carbocycles. The fraction of sp³-hybridized carbons (Fsp3) is 0.571. The Kier molecular flexibility index (Phi) is 6.27. The van der Waals surface area contributed by atoms with Crippen LogP contribution in [0.5, 0.6) is 5.75 Å². The second-order valence-electron chi connectivity index (χ2n) is 4.75. The van der Waals surface area contributed by atoms with Gasteiger partial charge in [0.05, 0.1) is 16.1 Å². The third kappa shape index (κ3) is 4.68. The summed E-state index contributed by atoms with van der Waals surface area (Å²) in [5, 5.41) is 4.54. The van der Waals surface area contributed by atoms with Crippen LogP contribution >= 0.6 is 23.2 Å². The Morgan fingerprint density at radius 2 is 1.72 bits per heavy atom. The van der Waals surface area contributed by atoms with Crippen LogP contribution in [-0.4, -0.2) is 12.1 Å². The van der Waals surface area contributed by atoms with Crippen LogP contribution in [0.15, 0.2) is 12.1 Å². The smallest absolute Gasteiger partial charge is 0.156 e. The minimum absolute atomic E-state index is 0.0593. The number of nitrogens with one attached hydrogen (secondary N) is 1. The number of benzene rings is 1. The maximum Gasteiger partial charge on any atom is 0.156 e. The topological polar surface area (TPSA) is 21.3 Å². The second-order valence-corrected chi connectivity index (χ2v) is 5.56. The van der Waals surface area contributed by atoms with Gasteiger partial charge in [-0.15, -0.1) is 0 Å². The van der Waals surface area contributed by atoms with Crippen LogP contribution in [0.1, 0.15) is 39.7 Å². The molecule has 1 unspecified atom stereocenters.